The zero-order valence-electron chi connectivity index (χ0n) is 6.89. The van der Waals surface area contributed by atoms with Gasteiger partial charge in [-0.15, -0.1) is 0 Å². The summed E-state index contributed by atoms with van der Waals surface area (Å²) in [7, 11) is 1.37. The number of carbonyl (C=O) groups excluding carboxylic acids is 1. The number of hydrogen-bond donors (Lipinski definition) is 2. The third-order valence-corrected chi connectivity index (χ3v) is 1.38. The Kier molecular flexibility index (Phi) is 2.58. The first kappa shape index (κ1) is 9.17. The summed E-state index contributed by atoms with van der Waals surface area (Å²) in [5.41, 5.74) is 0. The quantitative estimate of drug-likeness (QED) is 0.565. The number of carbonyl (C=O) groups is 2. The molecule has 0 spiro atoms. The molecule has 0 unspecified atom stereocenters. The van der Waals surface area contributed by atoms with E-state index in [1.54, 1.807) is 0 Å². The fraction of sp³-hybridized carbons (Fsp3) is 0.333. The summed E-state index contributed by atoms with van der Waals surface area (Å²) in [5.74, 6) is -2.02. The van der Waals surface area contributed by atoms with Crippen LogP contribution < -0.4 is 0 Å². The van der Waals surface area contributed by atoms with E-state index in [0.717, 1.165) is 4.90 Å². The number of carboxylic acids is 1. The van der Waals surface area contributed by atoms with E-state index < -0.39 is 11.9 Å². The monoisotopic (exact) mass is 184 g/mol. The van der Waals surface area contributed by atoms with Crippen molar-refractivity contribution in [3.8, 4) is 0 Å². The van der Waals surface area contributed by atoms with Gasteiger partial charge in [-0.1, -0.05) is 0 Å². The molecular weight excluding hydrogens is 176 g/mol. The number of carboxylic acid groups (broad SMARTS) is 1. The molecule has 2 N–H and O–H groups in total. The zero-order valence-corrected chi connectivity index (χ0v) is 6.89. The van der Waals surface area contributed by atoms with Gasteiger partial charge in [0.15, 0.2) is 0 Å². The molecule has 7 nitrogen and oxygen atoms in total. The molecule has 1 amide bonds. The van der Waals surface area contributed by atoms with Crippen LogP contribution in [0.1, 0.15) is 5.82 Å². The number of nitrogens with zero attached hydrogens (tertiary/aromatic N) is 3. The lowest BCUT2D eigenvalue weighted by molar-refractivity contribution is -0.155. The van der Waals surface area contributed by atoms with E-state index in [1.807, 2.05) is 0 Å². The summed E-state index contributed by atoms with van der Waals surface area (Å²) < 4.78 is 0. The summed E-state index contributed by atoms with van der Waals surface area (Å²) in [6.07, 6.45) is 1.29. The highest BCUT2D eigenvalue weighted by Gasteiger charge is 2.17. The van der Waals surface area contributed by atoms with Crippen LogP contribution in [0.25, 0.3) is 0 Å². The van der Waals surface area contributed by atoms with Gasteiger partial charge in [0.1, 0.15) is 12.2 Å². The minimum Gasteiger partial charge on any atom is -0.474 e. The molecule has 1 heterocycles. The molecule has 13 heavy (non-hydrogen) atoms. The first-order chi connectivity index (χ1) is 6.11. The summed E-state index contributed by atoms with van der Waals surface area (Å²) in [4.78, 5) is 25.8. The Hall–Kier alpha value is -1.92. The molecule has 0 fully saturated rings. The van der Waals surface area contributed by atoms with Gasteiger partial charge in [0, 0.05) is 7.05 Å². The van der Waals surface area contributed by atoms with Gasteiger partial charge in [-0.2, -0.15) is 5.10 Å². The Labute approximate surface area is 73.4 Å². The van der Waals surface area contributed by atoms with Crippen LogP contribution in [0.3, 0.4) is 0 Å². The zero-order chi connectivity index (χ0) is 9.84. The van der Waals surface area contributed by atoms with E-state index >= 15 is 0 Å². The smallest absolute Gasteiger partial charge is 0.394 e. The van der Waals surface area contributed by atoms with Crippen molar-refractivity contribution in [2.45, 2.75) is 6.54 Å². The molecule has 1 aromatic heterocycles. The number of amides is 1. The lowest BCUT2D eigenvalue weighted by Crippen LogP contribution is -2.32. The van der Waals surface area contributed by atoms with Crippen LogP contribution in [-0.4, -0.2) is 44.1 Å². The van der Waals surface area contributed by atoms with Gasteiger partial charge >= 0.3 is 11.9 Å². The number of likely N-dealkylation sites (N-methyl/N-ethyl adjacent to an activating group) is 1. The molecule has 70 valence electrons. The second-order valence-corrected chi connectivity index (χ2v) is 2.40. The fourth-order valence-electron chi connectivity index (χ4n) is 0.767. The highest BCUT2D eigenvalue weighted by atomic mass is 16.4. The molecule has 0 aliphatic carbocycles. The predicted molar refractivity (Wildman–Crippen MR) is 40.5 cm³/mol. The predicted octanol–water partition coefficient (Wildman–Crippen LogP) is -1.15. The van der Waals surface area contributed by atoms with Crippen LogP contribution in [0.5, 0.6) is 0 Å². The van der Waals surface area contributed by atoms with Crippen molar-refractivity contribution in [3.05, 3.63) is 12.2 Å². The van der Waals surface area contributed by atoms with Crippen LogP contribution in [0.2, 0.25) is 0 Å². The maximum atomic E-state index is 10.8. The van der Waals surface area contributed by atoms with Gasteiger partial charge in [-0.25, -0.2) is 9.78 Å². The van der Waals surface area contributed by atoms with E-state index in [2.05, 4.69) is 15.2 Å². The second kappa shape index (κ2) is 3.65. The molecule has 0 aromatic carbocycles. The van der Waals surface area contributed by atoms with Crippen LogP contribution >= 0.6 is 0 Å². The van der Waals surface area contributed by atoms with Crippen LogP contribution in [-0.2, 0) is 16.1 Å². The second-order valence-electron chi connectivity index (χ2n) is 2.40. The van der Waals surface area contributed by atoms with Gasteiger partial charge in [0.2, 0.25) is 0 Å². The molecule has 1 aromatic rings. The maximum absolute atomic E-state index is 10.8. The third-order valence-electron chi connectivity index (χ3n) is 1.38. The van der Waals surface area contributed by atoms with Crippen molar-refractivity contribution in [2.24, 2.45) is 0 Å². The number of aromatic nitrogens is 3. The van der Waals surface area contributed by atoms with E-state index in [1.165, 1.54) is 13.4 Å². The van der Waals surface area contributed by atoms with Crippen LogP contribution in [0.4, 0.5) is 0 Å². The van der Waals surface area contributed by atoms with Crippen molar-refractivity contribution < 1.29 is 14.7 Å². The number of rotatable bonds is 2. The first-order valence-corrected chi connectivity index (χ1v) is 3.44. The number of H-pyrrole nitrogens is 1. The summed E-state index contributed by atoms with van der Waals surface area (Å²) in [6, 6.07) is 0. The first-order valence-electron chi connectivity index (χ1n) is 3.44. The molecule has 0 aliphatic heterocycles. The molecule has 0 radical (unpaired) electrons. The molecule has 0 saturated heterocycles. The molecule has 0 bridgehead atoms. The maximum Gasteiger partial charge on any atom is 0.394 e. The normalized spacial score (nSPS) is 9.62. The summed E-state index contributed by atoms with van der Waals surface area (Å²) in [6.45, 7) is 0.102. The Morgan fingerprint density at radius 2 is 2.38 bits per heavy atom. The molecule has 0 saturated carbocycles. The molecular formula is C6H8N4O3. The summed E-state index contributed by atoms with van der Waals surface area (Å²) >= 11 is 0. The Bertz CT molecular complexity index is 308. The van der Waals surface area contributed by atoms with Crippen LogP contribution in [0, 0.1) is 0 Å². The highest BCUT2D eigenvalue weighted by molar-refractivity contribution is 6.31. The number of aromatic amines is 1. The van der Waals surface area contributed by atoms with E-state index in [4.69, 9.17) is 5.11 Å². The minimum absolute atomic E-state index is 0.102. The van der Waals surface area contributed by atoms with Gasteiger partial charge in [0.25, 0.3) is 0 Å². The largest absolute Gasteiger partial charge is 0.474 e. The summed E-state index contributed by atoms with van der Waals surface area (Å²) in [5, 5.41) is 14.4. The topological polar surface area (TPSA) is 99.2 Å². The van der Waals surface area contributed by atoms with Crippen molar-refractivity contribution >= 4 is 11.9 Å². The Morgan fingerprint density at radius 3 is 2.85 bits per heavy atom. The Morgan fingerprint density at radius 1 is 1.69 bits per heavy atom. The van der Waals surface area contributed by atoms with E-state index in [0.29, 0.717) is 5.82 Å². The van der Waals surface area contributed by atoms with Gasteiger partial charge in [-0.3, -0.25) is 9.89 Å². The highest BCUT2D eigenvalue weighted by Crippen LogP contribution is 1.94. The van der Waals surface area contributed by atoms with Crippen molar-refractivity contribution in [1.29, 1.82) is 0 Å². The van der Waals surface area contributed by atoms with Crippen LogP contribution in [0.15, 0.2) is 6.33 Å². The lowest BCUT2D eigenvalue weighted by atomic mass is 10.5. The van der Waals surface area contributed by atoms with Crippen molar-refractivity contribution in [1.82, 2.24) is 20.1 Å². The SMILES string of the molecule is CN(Cc1ncn[nH]1)C(=O)C(=O)O. The Balaban J connectivity index is 2.55. The molecule has 1 rings (SSSR count). The average Bonchev–Trinajstić information content (AvgIpc) is 2.55. The standard InChI is InChI=1S/C6H8N4O3/c1-10(5(11)6(12)13)2-4-7-3-8-9-4/h3H,2H2,1H3,(H,12,13)(H,7,8,9). The molecule has 0 aliphatic rings. The average molecular weight is 184 g/mol. The fourth-order valence-corrected chi connectivity index (χ4v) is 0.767. The van der Waals surface area contributed by atoms with Gasteiger partial charge in [-0.05, 0) is 0 Å². The number of nitrogens with one attached hydrogen (secondary N) is 1. The third kappa shape index (κ3) is 2.26. The minimum atomic E-state index is -1.48. The van der Waals surface area contributed by atoms with E-state index in [-0.39, 0.29) is 6.54 Å². The molecule has 0 atom stereocenters. The van der Waals surface area contributed by atoms with Crippen molar-refractivity contribution in [3.63, 3.8) is 0 Å². The van der Waals surface area contributed by atoms with Crippen molar-refractivity contribution in [2.75, 3.05) is 7.05 Å². The molecule has 7 heteroatoms. The van der Waals surface area contributed by atoms with Gasteiger partial charge in [0.05, 0.1) is 6.54 Å². The van der Waals surface area contributed by atoms with E-state index in [9.17, 15) is 9.59 Å². The number of aliphatic carboxylic acids is 1. The number of hydrogen-bond acceptors (Lipinski definition) is 4. The lowest BCUT2D eigenvalue weighted by Gasteiger charge is -2.11. The van der Waals surface area contributed by atoms with Gasteiger partial charge < -0.3 is 10.0 Å².